The lowest BCUT2D eigenvalue weighted by Crippen LogP contribution is -2.15. The van der Waals surface area contributed by atoms with E-state index >= 15 is 0 Å². The molecule has 234 valence electrons. The van der Waals surface area contributed by atoms with E-state index in [9.17, 15) is 0 Å². The second-order valence-electron chi connectivity index (χ2n) is 12.7. The lowest BCUT2D eigenvalue weighted by Gasteiger charge is -2.22. The quantitative estimate of drug-likeness (QED) is 0.187. The standard InChI is InChI=1S/C34H29NO.C12H10/c1-5-6-9-27-22(2)36-33-19-14-24(20-30(27)33)23-12-15-25(16-13-23)35-26-17-18-29-28-10-7-8-11-31(28)34(3,4)32(29)21-26;1-3-7-11(8-4-1)12-9-5-2-6-10-12/h5-21,35H,1H2,2-4H3;1-10H/b9-6-;. The Hall–Kier alpha value is -5.86. The predicted octanol–water partition coefficient (Wildman–Crippen LogP) is 13.0. The van der Waals surface area contributed by atoms with Gasteiger partial charge in [-0.25, -0.2) is 0 Å². The molecular weight excluding hydrogens is 583 g/mol. The molecule has 0 saturated heterocycles. The van der Waals surface area contributed by atoms with Crippen LogP contribution in [-0.4, -0.2) is 0 Å². The van der Waals surface area contributed by atoms with Gasteiger partial charge in [-0.3, -0.25) is 0 Å². The zero-order chi connectivity index (χ0) is 33.1. The van der Waals surface area contributed by atoms with Crippen LogP contribution in [0.15, 0.2) is 169 Å². The summed E-state index contributed by atoms with van der Waals surface area (Å²) < 4.78 is 5.94. The molecule has 1 heterocycles. The van der Waals surface area contributed by atoms with Gasteiger partial charge >= 0.3 is 0 Å². The van der Waals surface area contributed by atoms with Crippen LogP contribution in [0.5, 0.6) is 0 Å². The molecule has 0 fully saturated rings. The first-order chi connectivity index (χ1) is 23.4. The fraction of sp³-hybridized carbons (Fsp3) is 0.0870. The van der Waals surface area contributed by atoms with Crippen LogP contribution in [0.2, 0.25) is 0 Å². The summed E-state index contributed by atoms with van der Waals surface area (Å²) in [6, 6.07) is 51.3. The highest BCUT2D eigenvalue weighted by atomic mass is 16.3. The molecule has 0 saturated carbocycles. The Morgan fingerprint density at radius 2 is 1.17 bits per heavy atom. The van der Waals surface area contributed by atoms with Crippen molar-refractivity contribution >= 4 is 28.4 Å². The van der Waals surface area contributed by atoms with Crippen molar-refractivity contribution in [3.05, 3.63) is 187 Å². The van der Waals surface area contributed by atoms with Crippen LogP contribution in [0.4, 0.5) is 11.4 Å². The van der Waals surface area contributed by atoms with E-state index in [2.05, 4.69) is 165 Å². The number of fused-ring (bicyclic) bond motifs is 4. The van der Waals surface area contributed by atoms with Crippen molar-refractivity contribution in [3.8, 4) is 33.4 Å². The Kier molecular flexibility index (Phi) is 8.40. The SMILES string of the molecule is C=C/C=C\c1c(C)oc2ccc(-c3ccc(Nc4ccc5c(c4)C(C)(C)c4ccccc4-5)cc3)cc12.c1ccc(-c2ccccc2)cc1. The molecule has 0 unspecified atom stereocenters. The van der Waals surface area contributed by atoms with Gasteiger partial charge in [0.1, 0.15) is 11.3 Å². The zero-order valence-electron chi connectivity index (χ0n) is 27.7. The molecule has 0 atom stereocenters. The molecule has 0 radical (unpaired) electrons. The molecule has 0 bridgehead atoms. The molecule has 0 aliphatic heterocycles. The third kappa shape index (κ3) is 6.01. The van der Waals surface area contributed by atoms with Crippen LogP contribution in [-0.2, 0) is 5.41 Å². The first-order valence-electron chi connectivity index (χ1n) is 16.5. The van der Waals surface area contributed by atoms with Crippen LogP contribution in [0.25, 0.3) is 50.4 Å². The first-order valence-corrected chi connectivity index (χ1v) is 16.5. The number of aryl methyl sites for hydroxylation is 1. The number of rotatable bonds is 6. The van der Waals surface area contributed by atoms with Crippen molar-refractivity contribution in [1.29, 1.82) is 0 Å². The van der Waals surface area contributed by atoms with Gasteiger partial charge in [0.15, 0.2) is 0 Å². The molecule has 0 spiro atoms. The molecule has 6 aromatic carbocycles. The van der Waals surface area contributed by atoms with Crippen molar-refractivity contribution in [2.75, 3.05) is 5.32 Å². The summed E-state index contributed by atoms with van der Waals surface area (Å²) in [6.45, 7) is 10.4. The van der Waals surface area contributed by atoms with Gasteiger partial charge in [0, 0.05) is 27.7 Å². The number of nitrogens with one attached hydrogen (secondary N) is 1. The van der Waals surface area contributed by atoms with E-state index < -0.39 is 0 Å². The molecule has 1 aliphatic carbocycles. The second-order valence-corrected chi connectivity index (χ2v) is 12.7. The fourth-order valence-electron chi connectivity index (χ4n) is 6.75. The molecule has 2 nitrogen and oxygen atoms in total. The average molecular weight is 622 g/mol. The Bertz CT molecular complexity index is 2200. The summed E-state index contributed by atoms with van der Waals surface area (Å²) >= 11 is 0. The smallest absolute Gasteiger partial charge is 0.134 e. The maximum Gasteiger partial charge on any atom is 0.134 e. The average Bonchev–Trinajstić information content (AvgIpc) is 3.57. The van der Waals surface area contributed by atoms with Gasteiger partial charge < -0.3 is 9.73 Å². The Balaban J connectivity index is 0.000000255. The van der Waals surface area contributed by atoms with Crippen LogP contribution >= 0.6 is 0 Å². The fourth-order valence-corrected chi connectivity index (χ4v) is 6.75. The van der Waals surface area contributed by atoms with Crippen molar-refractivity contribution < 1.29 is 4.42 Å². The van der Waals surface area contributed by atoms with Crippen molar-refractivity contribution in [3.63, 3.8) is 0 Å². The molecule has 7 aromatic rings. The highest BCUT2D eigenvalue weighted by molar-refractivity contribution is 5.92. The number of furan rings is 1. The maximum atomic E-state index is 5.94. The summed E-state index contributed by atoms with van der Waals surface area (Å²) in [7, 11) is 0. The van der Waals surface area contributed by atoms with Gasteiger partial charge in [0.25, 0.3) is 0 Å². The lowest BCUT2D eigenvalue weighted by molar-refractivity contribution is 0.577. The number of benzene rings is 6. The minimum absolute atomic E-state index is 0.00271. The largest absolute Gasteiger partial charge is 0.461 e. The summed E-state index contributed by atoms with van der Waals surface area (Å²) in [5.41, 5.74) is 14.5. The monoisotopic (exact) mass is 621 g/mol. The van der Waals surface area contributed by atoms with Gasteiger partial charge in [-0.05, 0) is 87.8 Å². The minimum Gasteiger partial charge on any atom is -0.461 e. The second kappa shape index (κ2) is 13.1. The molecule has 2 heteroatoms. The van der Waals surface area contributed by atoms with Gasteiger partial charge in [-0.2, -0.15) is 0 Å². The molecule has 1 N–H and O–H groups in total. The van der Waals surface area contributed by atoms with Crippen molar-refractivity contribution in [2.45, 2.75) is 26.2 Å². The summed E-state index contributed by atoms with van der Waals surface area (Å²) in [5.74, 6) is 0.917. The molecule has 1 aliphatic rings. The van der Waals surface area contributed by atoms with E-state index in [-0.39, 0.29) is 5.41 Å². The third-order valence-electron chi connectivity index (χ3n) is 9.28. The maximum absolute atomic E-state index is 5.94. The van der Waals surface area contributed by atoms with Gasteiger partial charge in [-0.15, -0.1) is 0 Å². The number of hydrogen-bond donors (Lipinski definition) is 1. The zero-order valence-corrected chi connectivity index (χ0v) is 27.7. The van der Waals surface area contributed by atoms with Crippen molar-refractivity contribution in [1.82, 2.24) is 0 Å². The van der Waals surface area contributed by atoms with Crippen molar-refractivity contribution in [2.24, 2.45) is 0 Å². The molecule has 48 heavy (non-hydrogen) atoms. The van der Waals surface area contributed by atoms with E-state index in [4.69, 9.17) is 4.42 Å². The van der Waals surface area contributed by atoms with Crippen LogP contribution < -0.4 is 5.32 Å². The van der Waals surface area contributed by atoms with E-state index in [0.29, 0.717) is 0 Å². The first kappa shape index (κ1) is 30.8. The summed E-state index contributed by atoms with van der Waals surface area (Å²) in [4.78, 5) is 0. The Morgan fingerprint density at radius 1 is 0.583 bits per heavy atom. The van der Waals surface area contributed by atoms with E-state index in [1.54, 1.807) is 6.08 Å². The minimum atomic E-state index is -0.00271. The highest BCUT2D eigenvalue weighted by Gasteiger charge is 2.35. The molecule has 8 rings (SSSR count). The Labute approximate surface area is 283 Å². The van der Waals surface area contributed by atoms with Crippen LogP contribution in [0.1, 0.15) is 36.3 Å². The predicted molar refractivity (Wildman–Crippen MR) is 205 cm³/mol. The van der Waals surface area contributed by atoms with Crippen LogP contribution in [0.3, 0.4) is 0 Å². The topological polar surface area (TPSA) is 25.2 Å². The summed E-state index contributed by atoms with van der Waals surface area (Å²) in [6.07, 6.45) is 5.79. The third-order valence-corrected chi connectivity index (χ3v) is 9.28. The van der Waals surface area contributed by atoms with E-state index in [0.717, 1.165) is 33.7 Å². The van der Waals surface area contributed by atoms with E-state index in [1.807, 2.05) is 25.1 Å². The van der Waals surface area contributed by atoms with Gasteiger partial charge in [0.05, 0.1) is 0 Å². The van der Waals surface area contributed by atoms with E-state index in [1.165, 1.54) is 44.5 Å². The molecule has 0 amide bonds. The molecule has 1 aromatic heterocycles. The normalized spacial score (nSPS) is 12.6. The van der Waals surface area contributed by atoms with Crippen LogP contribution in [0, 0.1) is 6.92 Å². The van der Waals surface area contributed by atoms with Gasteiger partial charge in [0.2, 0.25) is 0 Å². The Morgan fingerprint density at radius 3 is 1.85 bits per heavy atom. The number of anilines is 2. The number of hydrogen-bond acceptors (Lipinski definition) is 2. The summed E-state index contributed by atoms with van der Waals surface area (Å²) in [5, 5.41) is 4.73. The highest BCUT2D eigenvalue weighted by Crippen LogP contribution is 2.49. The van der Waals surface area contributed by atoms with Gasteiger partial charge in [-0.1, -0.05) is 148 Å². The molecular formula is C46H39NO. The number of allylic oxidation sites excluding steroid dienone is 2. The lowest BCUT2D eigenvalue weighted by atomic mass is 9.82.